The highest BCUT2D eigenvalue weighted by molar-refractivity contribution is 7.80. The molecule has 1 atom stereocenters. The van der Waals surface area contributed by atoms with Crippen molar-refractivity contribution in [2.24, 2.45) is 7.05 Å². The van der Waals surface area contributed by atoms with Gasteiger partial charge in [0.05, 0.1) is 11.4 Å². The zero-order valence-electron chi connectivity index (χ0n) is 13.8. The van der Waals surface area contributed by atoms with E-state index in [0.29, 0.717) is 0 Å². The number of thiol groups is 1. The van der Waals surface area contributed by atoms with Crippen LogP contribution >= 0.6 is 12.6 Å². The molecule has 124 valence electrons. The highest BCUT2D eigenvalue weighted by Gasteiger charge is 2.21. The number of rotatable bonds is 4. The maximum Gasteiger partial charge on any atom is 0.129 e. The summed E-state index contributed by atoms with van der Waals surface area (Å²) in [5, 5.41) is -0.222. The Morgan fingerprint density at radius 2 is 1.60 bits per heavy atom. The van der Waals surface area contributed by atoms with E-state index in [4.69, 9.17) is 17.6 Å². The van der Waals surface area contributed by atoms with Crippen molar-refractivity contribution in [3.63, 3.8) is 0 Å². The molecule has 0 aliphatic rings. The van der Waals surface area contributed by atoms with E-state index in [9.17, 15) is 0 Å². The van der Waals surface area contributed by atoms with Crippen molar-refractivity contribution in [2.45, 2.75) is 5.25 Å². The van der Waals surface area contributed by atoms with Crippen molar-refractivity contribution in [2.75, 3.05) is 0 Å². The third-order valence-corrected chi connectivity index (χ3v) is 4.67. The van der Waals surface area contributed by atoms with Crippen molar-refractivity contribution in [1.82, 2.24) is 19.5 Å². The summed E-state index contributed by atoms with van der Waals surface area (Å²) in [6.45, 7) is 0. The molecule has 0 aliphatic heterocycles. The van der Waals surface area contributed by atoms with Gasteiger partial charge in [-0.2, -0.15) is 12.6 Å². The maximum absolute atomic E-state index is 4.87. The Hall–Kier alpha value is -2.79. The Kier molecular flexibility index (Phi) is 4.15. The Morgan fingerprint density at radius 1 is 0.960 bits per heavy atom. The lowest BCUT2D eigenvalue weighted by Gasteiger charge is -2.07. The highest BCUT2D eigenvalue weighted by atomic mass is 32.1. The number of benzene rings is 2. The van der Waals surface area contributed by atoms with Gasteiger partial charge in [-0.1, -0.05) is 60.7 Å². The third kappa shape index (κ3) is 2.98. The van der Waals surface area contributed by atoms with Gasteiger partial charge in [0.1, 0.15) is 16.9 Å². The molecule has 0 amide bonds. The fourth-order valence-electron chi connectivity index (χ4n) is 2.90. The van der Waals surface area contributed by atoms with Gasteiger partial charge in [0.15, 0.2) is 0 Å². The molecule has 2 aromatic heterocycles. The van der Waals surface area contributed by atoms with Crippen LogP contribution in [0.1, 0.15) is 16.9 Å². The average Bonchev–Trinajstić information content (AvgIpc) is 3.29. The predicted molar refractivity (Wildman–Crippen MR) is 103 cm³/mol. The largest absolute Gasteiger partial charge is 0.340 e. The molecule has 0 saturated heterocycles. The molecule has 5 heteroatoms. The molecular formula is C20H18N4S. The zero-order chi connectivity index (χ0) is 17.2. The van der Waals surface area contributed by atoms with Crippen LogP contribution < -0.4 is 0 Å². The lowest BCUT2D eigenvalue weighted by molar-refractivity contribution is 0.795. The summed E-state index contributed by atoms with van der Waals surface area (Å²) in [5.41, 5.74) is 4.09. The summed E-state index contributed by atoms with van der Waals surface area (Å²) in [6, 6.07) is 20.4. The van der Waals surface area contributed by atoms with E-state index in [0.717, 1.165) is 34.2 Å². The molecule has 0 spiro atoms. The summed E-state index contributed by atoms with van der Waals surface area (Å²) in [5.74, 6) is 1.65. The topological polar surface area (TPSA) is 46.5 Å². The average molecular weight is 346 g/mol. The fraction of sp³-hybridized carbons (Fsp3) is 0.100. The van der Waals surface area contributed by atoms with E-state index < -0.39 is 0 Å². The molecule has 4 aromatic rings. The van der Waals surface area contributed by atoms with Crippen LogP contribution in [0.25, 0.3) is 22.5 Å². The van der Waals surface area contributed by atoms with E-state index in [1.807, 2.05) is 54.2 Å². The van der Waals surface area contributed by atoms with Crippen LogP contribution in [0, 0.1) is 0 Å². The first kappa shape index (κ1) is 15.7. The van der Waals surface area contributed by atoms with Gasteiger partial charge in [0.2, 0.25) is 0 Å². The molecule has 2 heterocycles. The van der Waals surface area contributed by atoms with Crippen LogP contribution in [0.5, 0.6) is 0 Å². The first-order chi connectivity index (χ1) is 12.2. The third-order valence-electron chi connectivity index (χ3n) is 4.19. The SMILES string of the molecule is Cn1ccnc1C(S)c1nc(-c2ccccc2)c(-c2ccccc2)[nH]1. The van der Waals surface area contributed by atoms with Crippen LogP contribution in [0.4, 0.5) is 0 Å². The molecule has 0 radical (unpaired) electrons. The summed E-state index contributed by atoms with van der Waals surface area (Å²) >= 11 is 4.75. The number of aromatic amines is 1. The molecule has 0 bridgehead atoms. The first-order valence-electron chi connectivity index (χ1n) is 8.10. The number of aryl methyl sites for hydroxylation is 1. The minimum atomic E-state index is -0.222. The van der Waals surface area contributed by atoms with Crippen LogP contribution in [-0.2, 0) is 7.05 Å². The molecule has 1 N–H and O–H groups in total. The van der Waals surface area contributed by atoms with Crippen molar-refractivity contribution < 1.29 is 0 Å². The smallest absolute Gasteiger partial charge is 0.129 e. The van der Waals surface area contributed by atoms with Crippen LogP contribution in [0.15, 0.2) is 73.1 Å². The molecule has 1 unspecified atom stereocenters. The number of hydrogen-bond donors (Lipinski definition) is 2. The molecule has 25 heavy (non-hydrogen) atoms. The number of nitrogens with zero attached hydrogens (tertiary/aromatic N) is 3. The van der Waals surface area contributed by atoms with Gasteiger partial charge in [0, 0.05) is 30.6 Å². The number of nitrogens with one attached hydrogen (secondary N) is 1. The number of H-pyrrole nitrogens is 1. The zero-order valence-corrected chi connectivity index (χ0v) is 14.7. The second-order valence-electron chi connectivity index (χ2n) is 5.88. The molecule has 2 aromatic carbocycles. The summed E-state index contributed by atoms with van der Waals surface area (Å²) in [4.78, 5) is 12.7. The van der Waals surface area contributed by atoms with Gasteiger partial charge in [-0.05, 0) is 0 Å². The number of imidazole rings is 2. The lowest BCUT2D eigenvalue weighted by Crippen LogP contribution is -2.04. The van der Waals surface area contributed by atoms with Gasteiger partial charge in [0.25, 0.3) is 0 Å². The second-order valence-corrected chi connectivity index (χ2v) is 6.39. The van der Waals surface area contributed by atoms with Gasteiger partial charge in [-0.25, -0.2) is 9.97 Å². The summed E-state index contributed by atoms with van der Waals surface area (Å²) in [7, 11) is 1.96. The maximum atomic E-state index is 4.87. The van der Waals surface area contributed by atoms with Crippen molar-refractivity contribution in [3.8, 4) is 22.5 Å². The minimum absolute atomic E-state index is 0.222. The number of hydrogen-bond acceptors (Lipinski definition) is 3. The molecule has 4 rings (SSSR count). The normalized spacial score (nSPS) is 12.2. The molecule has 0 saturated carbocycles. The van der Waals surface area contributed by atoms with Gasteiger partial charge < -0.3 is 9.55 Å². The Morgan fingerprint density at radius 3 is 2.20 bits per heavy atom. The lowest BCUT2D eigenvalue weighted by atomic mass is 10.1. The summed E-state index contributed by atoms with van der Waals surface area (Å²) < 4.78 is 1.96. The van der Waals surface area contributed by atoms with E-state index in [1.165, 1.54) is 0 Å². The first-order valence-corrected chi connectivity index (χ1v) is 8.61. The van der Waals surface area contributed by atoms with E-state index in [2.05, 4.69) is 34.2 Å². The van der Waals surface area contributed by atoms with E-state index in [1.54, 1.807) is 6.20 Å². The molecular weight excluding hydrogens is 328 g/mol. The van der Waals surface area contributed by atoms with Crippen LogP contribution in [-0.4, -0.2) is 19.5 Å². The second kappa shape index (κ2) is 6.61. The standard InChI is InChI=1S/C20H18N4S/c1-24-13-12-21-20(24)18(25)19-22-16(14-8-4-2-5-9-14)17(23-19)15-10-6-3-7-11-15/h2-13,18,25H,1H3,(H,22,23). The van der Waals surface area contributed by atoms with Crippen molar-refractivity contribution in [3.05, 3.63) is 84.7 Å². The minimum Gasteiger partial charge on any atom is -0.340 e. The Labute approximate surface area is 152 Å². The number of aromatic nitrogens is 4. The molecule has 0 fully saturated rings. The molecule has 4 nitrogen and oxygen atoms in total. The summed E-state index contributed by atoms with van der Waals surface area (Å²) in [6.07, 6.45) is 3.69. The van der Waals surface area contributed by atoms with Crippen molar-refractivity contribution in [1.29, 1.82) is 0 Å². The van der Waals surface area contributed by atoms with E-state index in [-0.39, 0.29) is 5.25 Å². The van der Waals surface area contributed by atoms with Gasteiger partial charge in [-0.15, -0.1) is 0 Å². The van der Waals surface area contributed by atoms with E-state index >= 15 is 0 Å². The highest BCUT2D eigenvalue weighted by Crippen LogP contribution is 2.34. The van der Waals surface area contributed by atoms with Crippen LogP contribution in [0.3, 0.4) is 0 Å². The monoisotopic (exact) mass is 346 g/mol. The van der Waals surface area contributed by atoms with Gasteiger partial charge >= 0.3 is 0 Å². The van der Waals surface area contributed by atoms with Crippen molar-refractivity contribution >= 4 is 12.6 Å². The van der Waals surface area contributed by atoms with Gasteiger partial charge in [-0.3, -0.25) is 0 Å². The Bertz CT molecular complexity index is 916. The van der Waals surface area contributed by atoms with Crippen LogP contribution in [0.2, 0.25) is 0 Å². The predicted octanol–water partition coefficient (Wildman–Crippen LogP) is 4.50. The fourth-order valence-corrected chi connectivity index (χ4v) is 3.27. The Balaban J connectivity index is 1.85. The molecule has 0 aliphatic carbocycles. The quantitative estimate of drug-likeness (QED) is 0.535.